The lowest BCUT2D eigenvalue weighted by Gasteiger charge is -2.17. The molecule has 3 heteroatoms. The fraction of sp³-hybridized carbons (Fsp3) is 0.727. The molecule has 0 bridgehead atoms. The molecule has 0 amide bonds. The third kappa shape index (κ3) is 3.74. The number of nitrogens with zero attached hydrogens (tertiary/aromatic N) is 1. The molecule has 2 N–H and O–H groups in total. The predicted molar refractivity (Wildman–Crippen MR) is 65.7 cm³/mol. The van der Waals surface area contributed by atoms with Crippen molar-refractivity contribution in [2.45, 2.75) is 51.3 Å². The standard InChI is InChI=1S/C11H20N2S/c1-4-5-10-7-8(2)6-9(3)14-11(12)13-10/h7,9-10H,4-6H2,1-3H3,(H2,12,13). The summed E-state index contributed by atoms with van der Waals surface area (Å²) in [4.78, 5) is 4.51. The van der Waals surface area contributed by atoms with Crippen molar-refractivity contribution < 1.29 is 0 Å². The lowest BCUT2D eigenvalue weighted by atomic mass is 10.1. The number of rotatable bonds is 2. The van der Waals surface area contributed by atoms with Crippen molar-refractivity contribution in [3.8, 4) is 0 Å². The van der Waals surface area contributed by atoms with Gasteiger partial charge in [-0.1, -0.05) is 43.7 Å². The molecule has 1 aliphatic rings. The van der Waals surface area contributed by atoms with Gasteiger partial charge in [-0.2, -0.15) is 0 Å². The Morgan fingerprint density at radius 2 is 2.36 bits per heavy atom. The first-order valence-electron chi connectivity index (χ1n) is 5.29. The topological polar surface area (TPSA) is 38.4 Å². The van der Waals surface area contributed by atoms with Crippen LogP contribution in [0.15, 0.2) is 16.6 Å². The van der Waals surface area contributed by atoms with Gasteiger partial charge < -0.3 is 5.73 Å². The van der Waals surface area contributed by atoms with Gasteiger partial charge in [-0.05, 0) is 19.8 Å². The number of hydrogen-bond donors (Lipinski definition) is 1. The highest BCUT2D eigenvalue weighted by molar-refractivity contribution is 8.14. The maximum absolute atomic E-state index is 5.84. The number of thioether (sulfide) groups is 1. The Balaban J connectivity index is 2.75. The third-order valence-corrected chi connectivity index (χ3v) is 3.20. The van der Waals surface area contributed by atoms with Crippen molar-refractivity contribution >= 4 is 16.9 Å². The maximum Gasteiger partial charge on any atom is 0.154 e. The number of allylic oxidation sites excluding steroid dienone is 1. The van der Waals surface area contributed by atoms with E-state index < -0.39 is 0 Å². The Kier molecular flexibility index (Phi) is 4.52. The van der Waals surface area contributed by atoms with Gasteiger partial charge in [-0.3, -0.25) is 4.99 Å². The van der Waals surface area contributed by atoms with Gasteiger partial charge in [0.1, 0.15) is 0 Å². The van der Waals surface area contributed by atoms with E-state index in [1.54, 1.807) is 11.8 Å². The zero-order chi connectivity index (χ0) is 10.6. The molecule has 0 radical (unpaired) electrons. The molecular weight excluding hydrogens is 192 g/mol. The minimum Gasteiger partial charge on any atom is -0.379 e. The van der Waals surface area contributed by atoms with E-state index in [0.717, 1.165) is 24.4 Å². The second kappa shape index (κ2) is 5.44. The van der Waals surface area contributed by atoms with Crippen LogP contribution in [0.25, 0.3) is 0 Å². The van der Waals surface area contributed by atoms with Crippen LogP contribution in [0.2, 0.25) is 0 Å². The molecule has 2 atom stereocenters. The number of amidine groups is 1. The first kappa shape index (κ1) is 11.6. The summed E-state index contributed by atoms with van der Waals surface area (Å²) < 4.78 is 0. The summed E-state index contributed by atoms with van der Waals surface area (Å²) in [5, 5.41) is 1.30. The van der Waals surface area contributed by atoms with E-state index in [2.05, 4.69) is 31.8 Å². The molecule has 2 unspecified atom stereocenters. The van der Waals surface area contributed by atoms with Crippen LogP contribution in [0, 0.1) is 0 Å². The van der Waals surface area contributed by atoms with Crippen molar-refractivity contribution in [3.63, 3.8) is 0 Å². The van der Waals surface area contributed by atoms with Crippen LogP contribution in [0.3, 0.4) is 0 Å². The first-order valence-corrected chi connectivity index (χ1v) is 6.17. The SMILES string of the molecule is CCCC1C=C(C)CC(C)SC(N)=N1. The molecule has 0 aromatic rings. The Morgan fingerprint density at radius 1 is 1.64 bits per heavy atom. The number of aliphatic imine (C=N–C) groups is 1. The van der Waals surface area contributed by atoms with Crippen LogP contribution < -0.4 is 5.73 Å². The molecule has 1 heterocycles. The molecular formula is C11H20N2S. The van der Waals surface area contributed by atoms with Crippen LogP contribution >= 0.6 is 11.8 Å². The smallest absolute Gasteiger partial charge is 0.154 e. The molecule has 0 fully saturated rings. The van der Waals surface area contributed by atoms with Gasteiger partial charge in [0, 0.05) is 5.25 Å². The summed E-state index contributed by atoms with van der Waals surface area (Å²) >= 11 is 1.70. The summed E-state index contributed by atoms with van der Waals surface area (Å²) in [6, 6.07) is 0.306. The van der Waals surface area contributed by atoms with Crippen molar-refractivity contribution in [1.29, 1.82) is 0 Å². The van der Waals surface area contributed by atoms with E-state index in [1.165, 1.54) is 5.57 Å². The molecule has 14 heavy (non-hydrogen) atoms. The van der Waals surface area contributed by atoms with E-state index >= 15 is 0 Å². The molecule has 1 rings (SSSR count). The Labute approximate surface area is 91.1 Å². The predicted octanol–water partition coefficient (Wildman–Crippen LogP) is 2.94. The minimum atomic E-state index is 0.306. The first-order chi connectivity index (χ1) is 6.61. The van der Waals surface area contributed by atoms with Gasteiger partial charge in [0.25, 0.3) is 0 Å². The van der Waals surface area contributed by atoms with Crippen molar-refractivity contribution in [2.75, 3.05) is 0 Å². The summed E-state index contributed by atoms with van der Waals surface area (Å²) in [6.07, 6.45) is 5.66. The van der Waals surface area contributed by atoms with Crippen LogP contribution in [0.5, 0.6) is 0 Å². The van der Waals surface area contributed by atoms with Crippen molar-refractivity contribution in [2.24, 2.45) is 10.7 Å². The average Bonchev–Trinajstić information content (AvgIpc) is 2.00. The van der Waals surface area contributed by atoms with Crippen molar-refractivity contribution in [1.82, 2.24) is 0 Å². The van der Waals surface area contributed by atoms with Gasteiger partial charge in [0.05, 0.1) is 6.04 Å². The lowest BCUT2D eigenvalue weighted by Crippen LogP contribution is -2.18. The molecule has 0 saturated carbocycles. The van der Waals surface area contributed by atoms with Crippen LogP contribution in [0.4, 0.5) is 0 Å². The quantitative estimate of drug-likeness (QED) is 0.715. The molecule has 1 aliphatic heterocycles. The molecule has 0 saturated heterocycles. The van der Waals surface area contributed by atoms with Crippen LogP contribution in [-0.2, 0) is 0 Å². The second-order valence-corrected chi connectivity index (χ2v) is 5.43. The van der Waals surface area contributed by atoms with E-state index in [9.17, 15) is 0 Å². The average molecular weight is 212 g/mol. The minimum absolute atomic E-state index is 0.306. The fourth-order valence-electron chi connectivity index (χ4n) is 1.77. The van der Waals surface area contributed by atoms with Gasteiger partial charge in [-0.15, -0.1) is 0 Å². The maximum atomic E-state index is 5.84. The van der Waals surface area contributed by atoms with E-state index in [1.807, 2.05) is 0 Å². The zero-order valence-corrected chi connectivity index (χ0v) is 10.1. The van der Waals surface area contributed by atoms with Gasteiger partial charge >= 0.3 is 0 Å². The Bertz CT molecular complexity index is 224. The molecule has 80 valence electrons. The number of hydrogen-bond acceptors (Lipinski definition) is 3. The van der Waals surface area contributed by atoms with E-state index in [-0.39, 0.29) is 0 Å². The highest BCUT2D eigenvalue weighted by Crippen LogP contribution is 2.23. The van der Waals surface area contributed by atoms with E-state index in [4.69, 9.17) is 5.73 Å². The normalized spacial score (nSPS) is 28.8. The monoisotopic (exact) mass is 212 g/mol. The number of nitrogens with two attached hydrogens (primary N) is 1. The third-order valence-electron chi connectivity index (χ3n) is 2.29. The Hall–Kier alpha value is -0.440. The molecule has 0 aromatic carbocycles. The molecule has 2 nitrogen and oxygen atoms in total. The van der Waals surface area contributed by atoms with E-state index in [0.29, 0.717) is 11.3 Å². The highest BCUT2D eigenvalue weighted by Gasteiger charge is 2.13. The lowest BCUT2D eigenvalue weighted by molar-refractivity contribution is 0.697. The zero-order valence-electron chi connectivity index (χ0n) is 9.29. The summed E-state index contributed by atoms with van der Waals surface area (Å²) in [7, 11) is 0. The summed E-state index contributed by atoms with van der Waals surface area (Å²) in [5.41, 5.74) is 7.29. The fourth-order valence-corrected chi connectivity index (χ4v) is 2.73. The summed E-state index contributed by atoms with van der Waals surface area (Å²) in [6.45, 7) is 6.57. The van der Waals surface area contributed by atoms with Gasteiger partial charge in [0.2, 0.25) is 0 Å². The Morgan fingerprint density at radius 3 is 3.00 bits per heavy atom. The molecule has 0 aliphatic carbocycles. The molecule has 0 spiro atoms. The highest BCUT2D eigenvalue weighted by atomic mass is 32.2. The molecule has 0 aromatic heterocycles. The van der Waals surface area contributed by atoms with Crippen LogP contribution in [0.1, 0.15) is 40.0 Å². The summed E-state index contributed by atoms with van der Waals surface area (Å²) in [5.74, 6) is 0. The van der Waals surface area contributed by atoms with Gasteiger partial charge in [0.15, 0.2) is 5.17 Å². The van der Waals surface area contributed by atoms with Crippen LogP contribution in [-0.4, -0.2) is 16.5 Å². The van der Waals surface area contributed by atoms with Crippen molar-refractivity contribution in [3.05, 3.63) is 11.6 Å². The second-order valence-electron chi connectivity index (χ2n) is 3.97. The van der Waals surface area contributed by atoms with Gasteiger partial charge in [-0.25, -0.2) is 0 Å². The largest absolute Gasteiger partial charge is 0.379 e.